The summed E-state index contributed by atoms with van der Waals surface area (Å²) in [4.78, 5) is 37.0. The van der Waals surface area contributed by atoms with Crippen molar-refractivity contribution in [1.29, 1.82) is 0 Å². The lowest BCUT2D eigenvalue weighted by atomic mass is 9.50. The van der Waals surface area contributed by atoms with Gasteiger partial charge in [-0.25, -0.2) is 13.2 Å². The molecule has 0 saturated heterocycles. The number of hydrogen-bond acceptors (Lipinski definition) is 5. The fourth-order valence-electron chi connectivity index (χ4n) is 5.52. The molecule has 3 aliphatic carbocycles. The van der Waals surface area contributed by atoms with Crippen molar-refractivity contribution in [2.24, 2.45) is 5.92 Å². The predicted molar refractivity (Wildman–Crippen MR) is 135 cm³/mol. The first-order chi connectivity index (χ1) is 18.6. The number of rotatable bonds is 6. The van der Waals surface area contributed by atoms with Gasteiger partial charge in [-0.2, -0.15) is 0 Å². The number of carbonyl (C=O) groups excluding carboxylic acids is 2. The third kappa shape index (κ3) is 3.92. The van der Waals surface area contributed by atoms with E-state index in [1.165, 1.54) is 25.2 Å². The smallest absolute Gasteiger partial charge is 0.281 e. The third-order valence-corrected chi connectivity index (χ3v) is 7.57. The van der Waals surface area contributed by atoms with E-state index >= 15 is 4.39 Å². The van der Waals surface area contributed by atoms with E-state index in [4.69, 9.17) is 4.42 Å². The van der Waals surface area contributed by atoms with Crippen LogP contribution in [0.2, 0.25) is 0 Å². The average molecular weight is 535 g/mol. The van der Waals surface area contributed by atoms with Crippen molar-refractivity contribution in [3.8, 4) is 22.5 Å². The molecule has 198 valence electrons. The summed E-state index contributed by atoms with van der Waals surface area (Å²) < 4.78 is 49.2. The standard InChI is InChI=1S/C28H20F3N3O5/c1-32-27(36)24-19-7-17(22(34(37)38)9-23(19)39-25(24)14-2-4-15(29)5-3-14)16-6-18(21(31)8-20(16)30)26(35)33-28-10-13(11-28)12-28/h2-9,13H,10-12H2,1H3,(H,32,36)(H,33,35). The Labute approximate surface area is 219 Å². The van der Waals surface area contributed by atoms with Crippen molar-refractivity contribution in [2.45, 2.75) is 24.8 Å². The van der Waals surface area contributed by atoms with Gasteiger partial charge in [-0.05, 0) is 61.6 Å². The third-order valence-electron chi connectivity index (χ3n) is 7.57. The quantitative estimate of drug-likeness (QED) is 0.242. The molecule has 11 heteroatoms. The highest BCUT2D eigenvalue weighted by atomic mass is 19.1. The largest absolute Gasteiger partial charge is 0.455 e. The number of nitro benzene ring substituents is 1. The Bertz CT molecular complexity index is 1700. The van der Waals surface area contributed by atoms with Gasteiger partial charge in [0.05, 0.1) is 27.7 Å². The zero-order valence-corrected chi connectivity index (χ0v) is 20.4. The van der Waals surface area contributed by atoms with E-state index in [2.05, 4.69) is 10.6 Å². The second-order valence-electron chi connectivity index (χ2n) is 10.0. The van der Waals surface area contributed by atoms with Gasteiger partial charge in [-0.1, -0.05) is 0 Å². The van der Waals surface area contributed by atoms with E-state index in [-0.39, 0.29) is 39.0 Å². The second-order valence-corrected chi connectivity index (χ2v) is 10.0. The SMILES string of the molecule is CNC(=O)c1c(-c2ccc(F)cc2)oc2cc([N+](=O)[O-])c(-c3cc(C(=O)NC45CC(C4)C5)c(F)cc3F)cc12. The number of benzene rings is 3. The zero-order valence-electron chi connectivity index (χ0n) is 20.4. The molecule has 2 N–H and O–H groups in total. The maximum Gasteiger partial charge on any atom is 0.281 e. The van der Waals surface area contributed by atoms with Crippen LogP contribution in [0.25, 0.3) is 33.4 Å². The van der Waals surface area contributed by atoms with Gasteiger partial charge in [0.1, 0.15) is 28.8 Å². The summed E-state index contributed by atoms with van der Waals surface area (Å²) in [5.74, 6) is -3.51. The number of hydrogen-bond donors (Lipinski definition) is 2. The van der Waals surface area contributed by atoms with Crippen LogP contribution in [0.3, 0.4) is 0 Å². The molecule has 3 saturated carbocycles. The van der Waals surface area contributed by atoms with E-state index in [1.54, 1.807) is 0 Å². The number of furan rings is 1. The van der Waals surface area contributed by atoms with Gasteiger partial charge in [-0.3, -0.25) is 19.7 Å². The molecular formula is C28H20F3N3O5. The molecule has 0 spiro atoms. The molecule has 1 heterocycles. The summed E-state index contributed by atoms with van der Waals surface area (Å²) >= 11 is 0. The number of nitro groups is 1. The topological polar surface area (TPSA) is 114 Å². The van der Waals surface area contributed by atoms with Crippen LogP contribution in [0.15, 0.2) is 52.9 Å². The molecule has 3 aliphatic rings. The molecule has 0 atom stereocenters. The second kappa shape index (κ2) is 8.69. The first kappa shape index (κ1) is 24.7. The van der Waals surface area contributed by atoms with Crippen LogP contribution in [0.5, 0.6) is 0 Å². The van der Waals surface area contributed by atoms with Gasteiger partial charge in [0.2, 0.25) is 0 Å². The van der Waals surface area contributed by atoms with E-state index in [0.717, 1.165) is 43.5 Å². The summed E-state index contributed by atoms with van der Waals surface area (Å²) in [6, 6.07) is 8.78. The number of fused-ring (bicyclic) bond motifs is 1. The van der Waals surface area contributed by atoms with Crippen molar-refractivity contribution in [1.82, 2.24) is 10.6 Å². The summed E-state index contributed by atoms with van der Waals surface area (Å²) in [6.45, 7) is 0. The summed E-state index contributed by atoms with van der Waals surface area (Å²) in [7, 11) is 1.37. The Hall–Kier alpha value is -4.67. The molecule has 8 nitrogen and oxygen atoms in total. The zero-order chi connectivity index (χ0) is 27.6. The van der Waals surface area contributed by atoms with Gasteiger partial charge in [-0.15, -0.1) is 0 Å². The van der Waals surface area contributed by atoms with Gasteiger partial charge in [0, 0.05) is 35.2 Å². The van der Waals surface area contributed by atoms with Crippen LogP contribution in [0, 0.1) is 33.5 Å². The van der Waals surface area contributed by atoms with Crippen molar-refractivity contribution >= 4 is 28.5 Å². The Morgan fingerprint density at radius 3 is 2.26 bits per heavy atom. The van der Waals surface area contributed by atoms with Gasteiger partial charge >= 0.3 is 0 Å². The van der Waals surface area contributed by atoms with Crippen molar-refractivity contribution in [3.05, 3.63) is 87.2 Å². The fraction of sp³-hybridized carbons (Fsp3) is 0.214. The van der Waals surface area contributed by atoms with Crippen LogP contribution < -0.4 is 10.6 Å². The van der Waals surface area contributed by atoms with Crippen LogP contribution in [-0.2, 0) is 0 Å². The predicted octanol–water partition coefficient (Wildman–Crippen LogP) is 5.73. The van der Waals surface area contributed by atoms with E-state index < -0.39 is 45.4 Å². The Kier molecular flexibility index (Phi) is 5.49. The number of nitrogens with zero attached hydrogens (tertiary/aromatic N) is 1. The van der Waals surface area contributed by atoms with Crippen LogP contribution in [-0.4, -0.2) is 29.3 Å². The van der Waals surface area contributed by atoms with Crippen molar-refractivity contribution in [3.63, 3.8) is 0 Å². The average Bonchev–Trinajstić information content (AvgIpc) is 3.23. The monoisotopic (exact) mass is 535 g/mol. The van der Waals surface area contributed by atoms with E-state index in [1.807, 2.05) is 0 Å². The minimum absolute atomic E-state index is 0.0145. The van der Waals surface area contributed by atoms with Gasteiger partial charge < -0.3 is 15.1 Å². The van der Waals surface area contributed by atoms with Crippen LogP contribution >= 0.6 is 0 Å². The molecule has 0 aliphatic heterocycles. The maximum absolute atomic E-state index is 15.1. The lowest BCUT2D eigenvalue weighted by Crippen LogP contribution is -2.68. The summed E-state index contributed by atoms with van der Waals surface area (Å²) in [6.07, 6.45) is 2.40. The summed E-state index contributed by atoms with van der Waals surface area (Å²) in [5.41, 5.74) is -1.80. The molecule has 1 aromatic heterocycles. The first-order valence-corrected chi connectivity index (χ1v) is 12.1. The molecule has 3 fully saturated rings. The van der Waals surface area contributed by atoms with Gasteiger partial charge in [0.25, 0.3) is 17.5 Å². The number of nitrogens with one attached hydrogen (secondary N) is 2. The van der Waals surface area contributed by atoms with Crippen LogP contribution in [0.4, 0.5) is 18.9 Å². The van der Waals surface area contributed by atoms with E-state index in [9.17, 15) is 28.5 Å². The number of amides is 2. The van der Waals surface area contributed by atoms with Crippen LogP contribution in [0.1, 0.15) is 40.0 Å². The minimum Gasteiger partial charge on any atom is -0.455 e. The highest BCUT2D eigenvalue weighted by molar-refractivity contribution is 6.12. The van der Waals surface area contributed by atoms with Gasteiger partial charge in [0.15, 0.2) is 0 Å². The molecule has 39 heavy (non-hydrogen) atoms. The highest BCUT2D eigenvalue weighted by Gasteiger charge is 2.57. The fourth-order valence-corrected chi connectivity index (χ4v) is 5.52. The molecule has 2 bridgehead atoms. The lowest BCUT2D eigenvalue weighted by Gasteiger charge is -2.61. The lowest BCUT2D eigenvalue weighted by molar-refractivity contribution is -0.384. The Balaban J connectivity index is 1.54. The molecular weight excluding hydrogens is 515 g/mol. The molecule has 3 aromatic carbocycles. The first-order valence-electron chi connectivity index (χ1n) is 12.1. The Morgan fingerprint density at radius 2 is 1.67 bits per heavy atom. The van der Waals surface area contributed by atoms with E-state index in [0.29, 0.717) is 17.5 Å². The van der Waals surface area contributed by atoms with Crippen molar-refractivity contribution < 1.29 is 32.1 Å². The normalized spacial score (nSPS) is 19.2. The van der Waals surface area contributed by atoms with Crippen molar-refractivity contribution in [2.75, 3.05) is 7.05 Å². The number of halogens is 3. The highest BCUT2D eigenvalue weighted by Crippen LogP contribution is 2.57. The molecule has 0 radical (unpaired) electrons. The molecule has 0 unspecified atom stereocenters. The minimum atomic E-state index is -1.12. The molecule has 4 aromatic rings. The molecule has 2 amide bonds. The Morgan fingerprint density at radius 1 is 0.974 bits per heavy atom. The maximum atomic E-state index is 15.1. The number of carbonyl (C=O) groups is 2. The molecule has 7 rings (SSSR count). The summed E-state index contributed by atoms with van der Waals surface area (Å²) in [5, 5.41) is 17.4.